The van der Waals surface area contributed by atoms with Gasteiger partial charge < -0.3 is 5.32 Å². The lowest BCUT2D eigenvalue weighted by molar-refractivity contribution is 0.588. The summed E-state index contributed by atoms with van der Waals surface area (Å²) in [6.45, 7) is 5.17. The molecule has 0 radical (unpaired) electrons. The van der Waals surface area contributed by atoms with Gasteiger partial charge in [-0.15, -0.1) is 21.5 Å². The van der Waals surface area contributed by atoms with Crippen LogP contribution in [0.1, 0.15) is 29.4 Å². The molecule has 0 bridgehead atoms. The Bertz CT molecular complexity index is 508. The fraction of sp³-hybridized carbons (Fsp3) is 0.429. The van der Waals surface area contributed by atoms with Gasteiger partial charge in [0.25, 0.3) is 0 Å². The highest BCUT2D eigenvalue weighted by Gasteiger charge is 2.05. The monoisotopic (exact) mass is 279 g/mol. The van der Waals surface area contributed by atoms with Gasteiger partial charge in [-0.25, -0.2) is 4.39 Å². The van der Waals surface area contributed by atoms with Crippen LogP contribution < -0.4 is 5.32 Å². The van der Waals surface area contributed by atoms with Gasteiger partial charge in [-0.2, -0.15) is 0 Å². The molecule has 0 amide bonds. The summed E-state index contributed by atoms with van der Waals surface area (Å²) in [7, 11) is 0. The van der Waals surface area contributed by atoms with E-state index in [1.54, 1.807) is 23.5 Å². The molecule has 1 N–H and O–H groups in total. The number of nitrogens with one attached hydrogen (secondary N) is 1. The first kappa shape index (κ1) is 14.1. The molecule has 0 saturated heterocycles. The molecule has 0 atom stereocenters. The maximum Gasteiger partial charge on any atom is 0.123 e. The minimum Gasteiger partial charge on any atom is -0.314 e. The van der Waals surface area contributed by atoms with Crippen molar-refractivity contribution in [3.05, 3.63) is 45.7 Å². The highest BCUT2D eigenvalue weighted by Crippen LogP contribution is 2.15. The average molecular weight is 279 g/mol. The minimum absolute atomic E-state index is 0.207. The molecule has 1 aromatic heterocycles. The van der Waals surface area contributed by atoms with Gasteiger partial charge in [-0.3, -0.25) is 0 Å². The molecule has 0 unspecified atom stereocenters. The van der Waals surface area contributed by atoms with E-state index in [-0.39, 0.29) is 5.82 Å². The molecule has 1 heterocycles. The lowest BCUT2D eigenvalue weighted by Crippen LogP contribution is -2.24. The van der Waals surface area contributed by atoms with E-state index in [9.17, 15) is 4.39 Å². The number of hydrogen-bond donors (Lipinski definition) is 1. The van der Waals surface area contributed by atoms with E-state index in [1.165, 1.54) is 12.1 Å². The molecule has 102 valence electrons. The Hall–Kier alpha value is -1.33. The van der Waals surface area contributed by atoms with Crippen molar-refractivity contribution in [2.45, 2.75) is 32.7 Å². The van der Waals surface area contributed by atoms with E-state index < -0.39 is 0 Å². The molecule has 0 aliphatic rings. The van der Waals surface area contributed by atoms with Gasteiger partial charge in [0.2, 0.25) is 0 Å². The Kier molecular flexibility index (Phi) is 4.99. The van der Waals surface area contributed by atoms with Crippen LogP contribution in [-0.4, -0.2) is 22.8 Å². The Morgan fingerprint density at radius 1 is 1.16 bits per heavy atom. The number of halogens is 1. The average Bonchev–Trinajstić information content (AvgIpc) is 2.79. The number of nitrogens with zero attached hydrogens (tertiary/aromatic N) is 2. The summed E-state index contributed by atoms with van der Waals surface area (Å²) in [4.78, 5) is 0. The van der Waals surface area contributed by atoms with E-state index in [2.05, 4.69) is 29.4 Å². The predicted molar refractivity (Wildman–Crippen MR) is 76.0 cm³/mol. The largest absolute Gasteiger partial charge is 0.314 e. The summed E-state index contributed by atoms with van der Waals surface area (Å²) in [5.41, 5.74) is 1.06. The first-order valence-corrected chi connectivity index (χ1v) is 7.24. The fourth-order valence-electron chi connectivity index (χ4n) is 1.71. The van der Waals surface area contributed by atoms with Gasteiger partial charge in [-0.05, 0) is 17.7 Å². The van der Waals surface area contributed by atoms with Gasteiger partial charge in [0.05, 0.1) is 0 Å². The van der Waals surface area contributed by atoms with E-state index in [4.69, 9.17) is 0 Å². The summed E-state index contributed by atoms with van der Waals surface area (Å²) in [5.74, 6) is -0.207. The molecular formula is C14H18FN3S. The van der Waals surface area contributed by atoms with E-state index in [0.717, 1.165) is 35.0 Å². The number of hydrogen-bond acceptors (Lipinski definition) is 4. The predicted octanol–water partition coefficient (Wildman–Crippen LogP) is 2.81. The molecule has 3 nitrogen and oxygen atoms in total. The number of rotatable bonds is 6. The minimum atomic E-state index is -0.207. The van der Waals surface area contributed by atoms with Gasteiger partial charge in [0.1, 0.15) is 15.8 Å². The van der Waals surface area contributed by atoms with Crippen LogP contribution in [0.2, 0.25) is 0 Å². The van der Waals surface area contributed by atoms with Crippen LogP contribution in [0.3, 0.4) is 0 Å². The van der Waals surface area contributed by atoms with Crippen molar-refractivity contribution in [2.75, 3.05) is 6.54 Å². The summed E-state index contributed by atoms with van der Waals surface area (Å²) in [6.07, 6.45) is 1.62. The highest BCUT2D eigenvalue weighted by molar-refractivity contribution is 7.11. The molecule has 0 aliphatic heterocycles. The van der Waals surface area contributed by atoms with Crippen molar-refractivity contribution in [2.24, 2.45) is 0 Å². The van der Waals surface area contributed by atoms with Crippen molar-refractivity contribution in [3.63, 3.8) is 0 Å². The summed E-state index contributed by atoms with van der Waals surface area (Å²) in [5, 5.41) is 13.7. The molecule has 5 heteroatoms. The zero-order chi connectivity index (χ0) is 13.7. The van der Waals surface area contributed by atoms with Crippen molar-refractivity contribution >= 4 is 11.3 Å². The van der Waals surface area contributed by atoms with Crippen LogP contribution in [0.4, 0.5) is 4.39 Å². The third kappa shape index (κ3) is 4.69. The summed E-state index contributed by atoms with van der Waals surface area (Å²) < 4.78 is 12.8. The topological polar surface area (TPSA) is 37.8 Å². The molecular weight excluding hydrogens is 261 g/mol. The van der Waals surface area contributed by atoms with Gasteiger partial charge in [-0.1, -0.05) is 26.0 Å². The fourth-order valence-corrected chi connectivity index (χ4v) is 2.58. The SMILES string of the molecule is CC(C)NCCc1nnc(Cc2ccc(F)cc2)s1. The van der Waals surface area contributed by atoms with Gasteiger partial charge in [0, 0.05) is 25.4 Å². The third-order valence-corrected chi connectivity index (χ3v) is 3.65. The number of benzene rings is 1. The zero-order valence-electron chi connectivity index (χ0n) is 11.2. The first-order valence-electron chi connectivity index (χ1n) is 6.42. The molecule has 2 aromatic rings. The van der Waals surface area contributed by atoms with Crippen LogP contribution in [0.15, 0.2) is 24.3 Å². The van der Waals surface area contributed by atoms with Crippen molar-refractivity contribution in [1.82, 2.24) is 15.5 Å². The zero-order valence-corrected chi connectivity index (χ0v) is 12.0. The van der Waals surface area contributed by atoms with Crippen LogP contribution >= 0.6 is 11.3 Å². The highest BCUT2D eigenvalue weighted by atomic mass is 32.1. The summed E-state index contributed by atoms with van der Waals surface area (Å²) >= 11 is 1.63. The van der Waals surface area contributed by atoms with Crippen molar-refractivity contribution in [3.8, 4) is 0 Å². The van der Waals surface area contributed by atoms with Crippen LogP contribution in [0.25, 0.3) is 0 Å². The first-order chi connectivity index (χ1) is 9.13. The molecule has 1 aromatic carbocycles. The lowest BCUT2D eigenvalue weighted by atomic mass is 10.2. The summed E-state index contributed by atoms with van der Waals surface area (Å²) in [6, 6.07) is 7.02. The van der Waals surface area contributed by atoms with E-state index in [1.807, 2.05) is 0 Å². The molecule has 0 saturated carbocycles. The Morgan fingerprint density at radius 3 is 2.53 bits per heavy atom. The lowest BCUT2D eigenvalue weighted by Gasteiger charge is -2.05. The molecule has 2 rings (SSSR count). The maximum absolute atomic E-state index is 12.8. The van der Waals surface area contributed by atoms with Crippen LogP contribution in [0, 0.1) is 5.82 Å². The molecule has 0 aliphatic carbocycles. The Morgan fingerprint density at radius 2 is 1.84 bits per heavy atom. The Labute approximate surface area is 116 Å². The maximum atomic E-state index is 12.8. The Balaban J connectivity index is 1.88. The van der Waals surface area contributed by atoms with Crippen LogP contribution in [-0.2, 0) is 12.8 Å². The van der Waals surface area contributed by atoms with Crippen molar-refractivity contribution < 1.29 is 4.39 Å². The van der Waals surface area contributed by atoms with Gasteiger partial charge in [0.15, 0.2) is 0 Å². The second-order valence-corrected chi connectivity index (χ2v) is 5.90. The normalized spacial score (nSPS) is 11.2. The van der Waals surface area contributed by atoms with Gasteiger partial charge >= 0.3 is 0 Å². The number of aromatic nitrogens is 2. The second kappa shape index (κ2) is 6.73. The molecule has 0 spiro atoms. The second-order valence-electron chi connectivity index (χ2n) is 4.75. The smallest absolute Gasteiger partial charge is 0.123 e. The molecule has 0 fully saturated rings. The van der Waals surface area contributed by atoms with E-state index >= 15 is 0 Å². The molecule has 19 heavy (non-hydrogen) atoms. The van der Waals surface area contributed by atoms with E-state index in [0.29, 0.717) is 6.04 Å². The van der Waals surface area contributed by atoms with Crippen LogP contribution in [0.5, 0.6) is 0 Å². The third-order valence-electron chi connectivity index (χ3n) is 2.67. The quantitative estimate of drug-likeness (QED) is 0.883. The standard InChI is InChI=1S/C14H18FN3S/c1-10(2)16-8-7-13-17-18-14(19-13)9-11-3-5-12(15)6-4-11/h3-6,10,16H,7-9H2,1-2H3. The van der Waals surface area contributed by atoms with Crippen molar-refractivity contribution in [1.29, 1.82) is 0 Å².